The van der Waals surface area contributed by atoms with Crippen LogP contribution in [0.5, 0.6) is 0 Å². The first-order valence-corrected chi connectivity index (χ1v) is 9.08. The first-order valence-electron chi connectivity index (χ1n) is 9.08. The molecule has 1 amide bonds. The Bertz CT molecular complexity index is 929. The van der Waals surface area contributed by atoms with Gasteiger partial charge in [0.15, 0.2) is 5.82 Å². The van der Waals surface area contributed by atoms with E-state index >= 15 is 0 Å². The molecule has 3 heterocycles. The lowest BCUT2D eigenvalue weighted by atomic mass is 10.1. The molecular formula is C20H22N6O. The number of hydrogen-bond donors (Lipinski definition) is 1. The van der Waals surface area contributed by atoms with E-state index in [2.05, 4.69) is 21.0 Å². The topological polar surface area (TPSA) is 89.9 Å². The van der Waals surface area contributed by atoms with E-state index in [-0.39, 0.29) is 6.04 Å². The van der Waals surface area contributed by atoms with Gasteiger partial charge in [0.2, 0.25) is 5.91 Å². The van der Waals surface area contributed by atoms with Crippen LogP contribution in [0.4, 0.5) is 0 Å². The molecule has 0 spiro atoms. The van der Waals surface area contributed by atoms with Crippen molar-refractivity contribution < 1.29 is 4.79 Å². The summed E-state index contributed by atoms with van der Waals surface area (Å²) in [5, 5.41) is 4.62. The summed E-state index contributed by atoms with van der Waals surface area (Å²) in [7, 11) is 1.92. The zero-order valence-corrected chi connectivity index (χ0v) is 15.2. The Kier molecular flexibility index (Phi) is 4.68. The second-order valence-corrected chi connectivity index (χ2v) is 6.79. The number of rotatable bonds is 5. The van der Waals surface area contributed by atoms with Crippen LogP contribution in [-0.2, 0) is 7.05 Å². The number of hydrogen-bond acceptors (Lipinski definition) is 5. The Morgan fingerprint density at radius 2 is 1.89 bits per heavy atom. The molecule has 0 aliphatic carbocycles. The normalized spacial score (nSPS) is 15.7. The maximum atomic E-state index is 11.3. The van der Waals surface area contributed by atoms with Crippen LogP contribution in [0, 0.1) is 0 Å². The van der Waals surface area contributed by atoms with Gasteiger partial charge in [0, 0.05) is 30.6 Å². The van der Waals surface area contributed by atoms with Gasteiger partial charge in [-0.3, -0.25) is 19.4 Å². The zero-order valence-electron chi connectivity index (χ0n) is 15.2. The number of pyridine rings is 1. The molecule has 4 rings (SSSR count). The molecule has 1 aliphatic heterocycles. The van der Waals surface area contributed by atoms with Crippen molar-refractivity contribution in [2.24, 2.45) is 12.8 Å². The smallest absolute Gasteiger partial charge is 0.248 e. The van der Waals surface area contributed by atoms with Crippen molar-refractivity contribution in [2.75, 3.05) is 13.1 Å². The molecule has 0 bridgehead atoms. The van der Waals surface area contributed by atoms with Gasteiger partial charge in [0.05, 0.1) is 6.04 Å². The summed E-state index contributed by atoms with van der Waals surface area (Å²) in [5.41, 5.74) is 7.76. The molecule has 3 aromatic rings. The van der Waals surface area contributed by atoms with E-state index in [1.807, 2.05) is 36.1 Å². The molecule has 0 saturated carbocycles. The van der Waals surface area contributed by atoms with Crippen LogP contribution in [0.1, 0.15) is 40.6 Å². The highest BCUT2D eigenvalue weighted by atomic mass is 16.1. The van der Waals surface area contributed by atoms with Gasteiger partial charge < -0.3 is 5.73 Å². The number of carbonyl (C=O) groups excluding carboxylic acids is 1. The second kappa shape index (κ2) is 7.28. The van der Waals surface area contributed by atoms with Gasteiger partial charge in [-0.05, 0) is 49.7 Å². The van der Waals surface area contributed by atoms with Crippen LogP contribution >= 0.6 is 0 Å². The summed E-state index contributed by atoms with van der Waals surface area (Å²) in [6.07, 6.45) is 6.07. The molecule has 1 aliphatic rings. The number of carbonyl (C=O) groups is 1. The number of benzene rings is 1. The number of likely N-dealkylation sites (tertiary alicyclic amines) is 1. The third-order valence-electron chi connectivity index (χ3n) is 4.97. The van der Waals surface area contributed by atoms with Crippen molar-refractivity contribution in [3.63, 3.8) is 0 Å². The van der Waals surface area contributed by atoms with Gasteiger partial charge in [0.25, 0.3) is 0 Å². The average molecular weight is 362 g/mol. The zero-order chi connectivity index (χ0) is 18.8. The summed E-state index contributed by atoms with van der Waals surface area (Å²) in [6.45, 7) is 2.07. The van der Waals surface area contributed by atoms with Crippen LogP contribution in [0.25, 0.3) is 11.4 Å². The fraction of sp³-hybridized carbons (Fsp3) is 0.300. The van der Waals surface area contributed by atoms with E-state index in [4.69, 9.17) is 10.7 Å². The summed E-state index contributed by atoms with van der Waals surface area (Å²) in [4.78, 5) is 22.8. The minimum atomic E-state index is -0.443. The minimum Gasteiger partial charge on any atom is -0.366 e. The van der Waals surface area contributed by atoms with Crippen LogP contribution in [0.2, 0.25) is 0 Å². The molecule has 7 nitrogen and oxygen atoms in total. The van der Waals surface area contributed by atoms with Crippen LogP contribution in [0.3, 0.4) is 0 Å². The Morgan fingerprint density at radius 3 is 2.52 bits per heavy atom. The molecule has 2 N–H and O–H groups in total. The molecule has 0 unspecified atom stereocenters. The van der Waals surface area contributed by atoms with Crippen molar-refractivity contribution in [2.45, 2.75) is 18.9 Å². The number of aromatic nitrogens is 4. The van der Waals surface area contributed by atoms with Crippen molar-refractivity contribution in [1.29, 1.82) is 0 Å². The van der Waals surface area contributed by atoms with Gasteiger partial charge in [0.1, 0.15) is 5.82 Å². The first-order chi connectivity index (χ1) is 13.1. The minimum absolute atomic E-state index is 0.0253. The fourth-order valence-corrected chi connectivity index (χ4v) is 3.60. The van der Waals surface area contributed by atoms with Gasteiger partial charge in [-0.2, -0.15) is 5.10 Å². The Morgan fingerprint density at radius 1 is 1.15 bits per heavy atom. The number of nitrogens with zero attached hydrogens (tertiary/aromatic N) is 5. The molecule has 2 aromatic heterocycles. The summed E-state index contributed by atoms with van der Waals surface area (Å²) in [5.74, 6) is 1.08. The average Bonchev–Trinajstić information content (AvgIpc) is 3.34. The Hall–Kier alpha value is -3.06. The quantitative estimate of drug-likeness (QED) is 0.751. The maximum Gasteiger partial charge on any atom is 0.248 e. The van der Waals surface area contributed by atoms with E-state index in [9.17, 15) is 4.79 Å². The molecule has 27 heavy (non-hydrogen) atoms. The predicted octanol–water partition coefficient (Wildman–Crippen LogP) is 2.16. The SMILES string of the molecule is Cn1nc(-c2ccc(C(N)=O)cc2)nc1[C@H](c1cccnc1)N1CCCC1. The van der Waals surface area contributed by atoms with E-state index in [0.29, 0.717) is 11.4 Å². The summed E-state index contributed by atoms with van der Waals surface area (Å²) < 4.78 is 1.84. The first kappa shape index (κ1) is 17.4. The van der Waals surface area contributed by atoms with Gasteiger partial charge in [-0.1, -0.05) is 18.2 Å². The lowest BCUT2D eigenvalue weighted by molar-refractivity contribution is 0.100. The third-order valence-corrected chi connectivity index (χ3v) is 4.97. The monoisotopic (exact) mass is 362 g/mol. The fourth-order valence-electron chi connectivity index (χ4n) is 3.60. The van der Waals surface area contributed by atoms with Crippen LogP contribution in [0.15, 0.2) is 48.8 Å². The van der Waals surface area contributed by atoms with E-state index < -0.39 is 5.91 Å². The Balaban J connectivity index is 1.72. The number of nitrogens with two attached hydrogens (primary N) is 1. The molecule has 7 heteroatoms. The van der Waals surface area contributed by atoms with E-state index in [1.54, 1.807) is 18.3 Å². The van der Waals surface area contributed by atoms with E-state index in [0.717, 1.165) is 30.0 Å². The lowest BCUT2D eigenvalue weighted by Gasteiger charge is -2.26. The highest BCUT2D eigenvalue weighted by molar-refractivity contribution is 5.93. The third kappa shape index (κ3) is 3.46. The molecule has 1 aromatic carbocycles. The van der Waals surface area contributed by atoms with Gasteiger partial charge in [-0.15, -0.1) is 0 Å². The molecular weight excluding hydrogens is 340 g/mol. The standard InChI is InChI=1S/C20H22N6O/c1-25-20(17(26-11-2-3-12-26)16-5-4-10-22-13-16)23-19(24-25)15-8-6-14(7-9-15)18(21)27/h4-10,13,17H,2-3,11-12H2,1H3,(H2,21,27)/t17-/m0/s1. The Labute approximate surface area is 157 Å². The predicted molar refractivity (Wildman–Crippen MR) is 102 cm³/mol. The maximum absolute atomic E-state index is 11.3. The van der Waals surface area contributed by atoms with Crippen LogP contribution < -0.4 is 5.73 Å². The largest absolute Gasteiger partial charge is 0.366 e. The van der Waals surface area contributed by atoms with Crippen molar-refractivity contribution in [3.05, 3.63) is 65.7 Å². The van der Waals surface area contributed by atoms with Crippen molar-refractivity contribution >= 4 is 5.91 Å². The molecule has 138 valence electrons. The lowest BCUT2D eigenvalue weighted by Crippen LogP contribution is -2.29. The second-order valence-electron chi connectivity index (χ2n) is 6.79. The van der Waals surface area contributed by atoms with Gasteiger partial charge >= 0.3 is 0 Å². The van der Waals surface area contributed by atoms with Crippen LogP contribution in [-0.4, -0.2) is 43.6 Å². The molecule has 1 atom stereocenters. The molecule has 1 saturated heterocycles. The number of amides is 1. The highest BCUT2D eigenvalue weighted by Crippen LogP contribution is 2.31. The summed E-state index contributed by atoms with van der Waals surface area (Å²) in [6, 6.07) is 11.1. The van der Waals surface area contributed by atoms with E-state index in [1.165, 1.54) is 12.8 Å². The molecule has 0 radical (unpaired) electrons. The molecule has 1 fully saturated rings. The van der Waals surface area contributed by atoms with Crippen molar-refractivity contribution in [3.8, 4) is 11.4 Å². The number of aryl methyl sites for hydroxylation is 1. The van der Waals surface area contributed by atoms with Crippen molar-refractivity contribution in [1.82, 2.24) is 24.6 Å². The van der Waals surface area contributed by atoms with Gasteiger partial charge in [-0.25, -0.2) is 4.98 Å². The highest BCUT2D eigenvalue weighted by Gasteiger charge is 2.29. The summed E-state index contributed by atoms with van der Waals surface area (Å²) >= 11 is 0. The number of primary amides is 1.